The van der Waals surface area contributed by atoms with Crippen molar-refractivity contribution in [3.63, 3.8) is 0 Å². The SMILES string of the molecule is Cc1c[nH]cc1C(=O)NCC1CN(C(=O)OC(C)(C)C)CCO1. The summed E-state index contributed by atoms with van der Waals surface area (Å²) in [6, 6.07) is 0. The van der Waals surface area contributed by atoms with Crippen LogP contribution in [0.15, 0.2) is 12.4 Å². The average Bonchev–Trinajstić information content (AvgIpc) is 2.89. The Balaban J connectivity index is 1.83. The first kappa shape index (κ1) is 17.3. The first-order valence-corrected chi connectivity index (χ1v) is 7.77. The van der Waals surface area contributed by atoms with Crippen molar-refractivity contribution in [1.82, 2.24) is 15.2 Å². The number of ether oxygens (including phenoxy) is 2. The fraction of sp³-hybridized carbons (Fsp3) is 0.625. The summed E-state index contributed by atoms with van der Waals surface area (Å²) in [4.78, 5) is 28.7. The van der Waals surface area contributed by atoms with E-state index in [0.29, 0.717) is 31.8 Å². The average molecular weight is 323 g/mol. The van der Waals surface area contributed by atoms with Crippen LogP contribution in [-0.4, -0.2) is 59.8 Å². The Bertz CT molecular complexity index is 562. The van der Waals surface area contributed by atoms with Gasteiger partial charge in [-0.2, -0.15) is 0 Å². The summed E-state index contributed by atoms with van der Waals surface area (Å²) in [6.45, 7) is 9.06. The smallest absolute Gasteiger partial charge is 0.410 e. The van der Waals surface area contributed by atoms with Gasteiger partial charge in [0.05, 0.1) is 24.8 Å². The second-order valence-corrected chi connectivity index (χ2v) is 6.68. The van der Waals surface area contributed by atoms with Crippen molar-refractivity contribution in [1.29, 1.82) is 0 Å². The topological polar surface area (TPSA) is 83.7 Å². The molecule has 128 valence electrons. The molecule has 23 heavy (non-hydrogen) atoms. The predicted octanol–water partition coefficient (Wildman–Crippen LogP) is 1.69. The fourth-order valence-electron chi connectivity index (χ4n) is 2.32. The summed E-state index contributed by atoms with van der Waals surface area (Å²) >= 11 is 0. The summed E-state index contributed by atoms with van der Waals surface area (Å²) in [6.07, 6.45) is 2.86. The Morgan fingerprint density at radius 2 is 2.17 bits per heavy atom. The molecule has 2 rings (SSSR count). The maximum Gasteiger partial charge on any atom is 0.410 e. The van der Waals surface area contributed by atoms with E-state index in [0.717, 1.165) is 5.56 Å². The first-order valence-electron chi connectivity index (χ1n) is 7.77. The number of aromatic nitrogens is 1. The number of morpholine rings is 1. The molecule has 0 saturated carbocycles. The number of hydrogen-bond acceptors (Lipinski definition) is 4. The van der Waals surface area contributed by atoms with Gasteiger partial charge in [-0.1, -0.05) is 0 Å². The van der Waals surface area contributed by atoms with Crippen molar-refractivity contribution < 1.29 is 19.1 Å². The maximum atomic E-state index is 12.1. The number of H-pyrrole nitrogens is 1. The largest absolute Gasteiger partial charge is 0.444 e. The summed E-state index contributed by atoms with van der Waals surface area (Å²) in [5.41, 5.74) is 0.984. The maximum absolute atomic E-state index is 12.1. The van der Waals surface area contributed by atoms with E-state index in [-0.39, 0.29) is 18.1 Å². The van der Waals surface area contributed by atoms with E-state index in [1.807, 2.05) is 27.7 Å². The van der Waals surface area contributed by atoms with Gasteiger partial charge in [-0.3, -0.25) is 4.79 Å². The molecule has 2 amide bonds. The number of amides is 2. The normalized spacial score (nSPS) is 18.6. The van der Waals surface area contributed by atoms with Crippen LogP contribution in [0.25, 0.3) is 0 Å². The highest BCUT2D eigenvalue weighted by Crippen LogP contribution is 2.13. The van der Waals surface area contributed by atoms with Gasteiger partial charge in [0.1, 0.15) is 5.60 Å². The van der Waals surface area contributed by atoms with E-state index in [1.54, 1.807) is 17.3 Å². The third kappa shape index (κ3) is 4.99. The van der Waals surface area contributed by atoms with Crippen LogP contribution in [0.1, 0.15) is 36.7 Å². The lowest BCUT2D eigenvalue weighted by molar-refractivity contribution is -0.0404. The van der Waals surface area contributed by atoms with E-state index in [9.17, 15) is 9.59 Å². The number of aromatic amines is 1. The zero-order chi connectivity index (χ0) is 17.0. The number of nitrogens with zero attached hydrogens (tertiary/aromatic N) is 1. The molecule has 1 aromatic heterocycles. The van der Waals surface area contributed by atoms with Crippen LogP contribution in [-0.2, 0) is 9.47 Å². The molecular weight excluding hydrogens is 298 g/mol. The quantitative estimate of drug-likeness (QED) is 0.886. The van der Waals surface area contributed by atoms with E-state index in [1.165, 1.54) is 0 Å². The third-order valence-corrected chi connectivity index (χ3v) is 3.48. The highest BCUT2D eigenvalue weighted by atomic mass is 16.6. The Labute approximate surface area is 136 Å². The number of carbonyl (C=O) groups is 2. The van der Waals surface area contributed by atoms with Crippen LogP contribution >= 0.6 is 0 Å². The van der Waals surface area contributed by atoms with Crippen LogP contribution in [0.4, 0.5) is 4.79 Å². The zero-order valence-corrected chi connectivity index (χ0v) is 14.1. The summed E-state index contributed by atoms with van der Waals surface area (Å²) < 4.78 is 11.0. The van der Waals surface area contributed by atoms with Gasteiger partial charge in [0.25, 0.3) is 5.91 Å². The van der Waals surface area contributed by atoms with Gasteiger partial charge in [0.2, 0.25) is 0 Å². The molecule has 1 fully saturated rings. The van der Waals surface area contributed by atoms with E-state index < -0.39 is 5.60 Å². The lowest BCUT2D eigenvalue weighted by atomic mass is 10.2. The molecule has 1 atom stereocenters. The van der Waals surface area contributed by atoms with Crippen molar-refractivity contribution in [2.45, 2.75) is 39.4 Å². The van der Waals surface area contributed by atoms with Gasteiger partial charge in [0.15, 0.2) is 0 Å². The monoisotopic (exact) mass is 323 g/mol. The minimum Gasteiger partial charge on any atom is -0.444 e. The second kappa shape index (κ2) is 7.04. The Morgan fingerprint density at radius 1 is 1.43 bits per heavy atom. The highest BCUT2D eigenvalue weighted by Gasteiger charge is 2.28. The van der Waals surface area contributed by atoms with Crippen molar-refractivity contribution in [3.8, 4) is 0 Å². The van der Waals surface area contributed by atoms with Gasteiger partial charge >= 0.3 is 6.09 Å². The number of nitrogens with one attached hydrogen (secondary N) is 2. The lowest BCUT2D eigenvalue weighted by Crippen LogP contribution is -2.50. The Kier molecular flexibility index (Phi) is 5.30. The molecule has 0 aliphatic carbocycles. The molecule has 2 heterocycles. The van der Waals surface area contributed by atoms with E-state index >= 15 is 0 Å². The van der Waals surface area contributed by atoms with Gasteiger partial charge in [0, 0.05) is 25.5 Å². The highest BCUT2D eigenvalue weighted by molar-refractivity contribution is 5.95. The Morgan fingerprint density at radius 3 is 2.78 bits per heavy atom. The Hall–Kier alpha value is -2.02. The van der Waals surface area contributed by atoms with Crippen LogP contribution in [0.5, 0.6) is 0 Å². The van der Waals surface area contributed by atoms with Crippen molar-refractivity contribution in [3.05, 3.63) is 23.5 Å². The second-order valence-electron chi connectivity index (χ2n) is 6.68. The molecule has 1 aliphatic heterocycles. The standard InChI is InChI=1S/C16H25N3O4/c1-11-7-17-9-13(11)14(20)18-8-12-10-19(5-6-22-12)15(21)23-16(2,3)4/h7,9,12,17H,5-6,8,10H2,1-4H3,(H,18,20). The minimum atomic E-state index is -0.523. The molecular formula is C16H25N3O4. The molecule has 1 unspecified atom stereocenters. The van der Waals surface area contributed by atoms with E-state index in [2.05, 4.69) is 10.3 Å². The minimum absolute atomic E-state index is 0.151. The predicted molar refractivity (Wildman–Crippen MR) is 85.4 cm³/mol. The van der Waals surface area contributed by atoms with Crippen LogP contribution in [0.2, 0.25) is 0 Å². The molecule has 1 aromatic rings. The molecule has 1 saturated heterocycles. The van der Waals surface area contributed by atoms with Crippen molar-refractivity contribution in [2.75, 3.05) is 26.2 Å². The van der Waals surface area contributed by atoms with Crippen LogP contribution < -0.4 is 5.32 Å². The van der Waals surface area contributed by atoms with Crippen molar-refractivity contribution in [2.24, 2.45) is 0 Å². The number of carbonyl (C=O) groups excluding carboxylic acids is 2. The molecule has 0 bridgehead atoms. The third-order valence-electron chi connectivity index (χ3n) is 3.48. The summed E-state index contributed by atoms with van der Waals surface area (Å²) in [7, 11) is 0. The number of rotatable bonds is 3. The van der Waals surface area contributed by atoms with Crippen LogP contribution in [0.3, 0.4) is 0 Å². The van der Waals surface area contributed by atoms with Gasteiger partial charge < -0.3 is 24.7 Å². The van der Waals surface area contributed by atoms with Gasteiger partial charge in [-0.15, -0.1) is 0 Å². The first-order chi connectivity index (χ1) is 10.8. The molecule has 0 radical (unpaired) electrons. The molecule has 0 spiro atoms. The number of aryl methyl sites for hydroxylation is 1. The van der Waals surface area contributed by atoms with Crippen LogP contribution in [0, 0.1) is 6.92 Å². The molecule has 7 nitrogen and oxygen atoms in total. The summed E-state index contributed by atoms with van der Waals surface area (Å²) in [5.74, 6) is -0.151. The summed E-state index contributed by atoms with van der Waals surface area (Å²) in [5, 5.41) is 2.84. The number of hydrogen-bond donors (Lipinski definition) is 2. The molecule has 2 N–H and O–H groups in total. The lowest BCUT2D eigenvalue weighted by Gasteiger charge is -2.34. The van der Waals surface area contributed by atoms with Gasteiger partial charge in [-0.25, -0.2) is 4.79 Å². The fourth-order valence-corrected chi connectivity index (χ4v) is 2.32. The molecule has 1 aliphatic rings. The van der Waals surface area contributed by atoms with Gasteiger partial charge in [-0.05, 0) is 33.3 Å². The van der Waals surface area contributed by atoms with Crippen molar-refractivity contribution >= 4 is 12.0 Å². The molecule has 7 heteroatoms. The zero-order valence-electron chi connectivity index (χ0n) is 14.1. The van der Waals surface area contributed by atoms with E-state index in [4.69, 9.17) is 9.47 Å². The molecule has 0 aromatic carbocycles.